The number of benzene rings is 2. The molecule has 1 heterocycles. The number of imide groups is 1. The number of fused-ring (bicyclic) bond motifs is 1. The van der Waals surface area contributed by atoms with Crippen LogP contribution in [-0.4, -0.2) is 44.4 Å². The third-order valence-corrected chi connectivity index (χ3v) is 5.50. The summed E-state index contributed by atoms with van der Waals surface area (Å²) < 4.78 is 31.1. The first-order valence-electron chi connectivity index (χ1n) is 8.07. The van der Waals surface area contributed by atoms with E-state index in [1.54, 1.807) is 19.1 Å². The van der Waals surface area contributed by atoms with Gasteiger partial charge in [-0.15, -0.1) is 0 Å². The van der Waals surface area contributed by atoms with Crippen LogP contribution in [0.3, 0.4) is 0 Å². The first-order chi connectivity index (χ1) is 12.8. The number of esters is 1. The number of nitrogens with zero attached hydrogens (tertiary/aromatic N) is 1. The van der Waals surface area contributed by atoms with Crippen LogP contribution in [0.2, 0.25) is 0 Å². The summed E-state index contributed by atoms with van der Waals surface area (Å²) in [5.74, 6) is -1.84. The van der Waals surface area contributed by atoms with E-state index in [0.29, 0.717) is 0 Å². The fourth-order valence-corrected chi connectivity index (χ4v) is 3.65. The fourth-order valence-electron chi connectivity index (χ4n) is 2.61. The number of carbonyl (C=O) groups excluding carboxylic acids is 3. The average molecular weight is 388 g/mol. The zero-order chi connectivity index (χ0) is 19.6. The second-order valence-electron chi connectivity index (χ2n) is 5.67. The van der Waals surface area contributed by atoms with Gasteiger partial charge >= 0.3 is 5.97 Å². The van der Waals surface area contributed by atoms with Gasteiger partial charge in [-0.1, -0.05) is 19.1 Å². The molecule has 8 nitrogen and oxygen atoms in total. The molecule has 0 atom stereocenters. The molecule has 0 saturated heterocycles. The summed E-state index contributed by atoms with van der Waals surface area (Å²) in [5.41, 5.74) is 0.620. The van der Waals surface area contributed by atoms with E-state index < -0.39 is 34.5 Å². The zero-order valence-electron chi connectivity index (χ0n) is 14.3. The summed E-state index contributed by atoms with van der Waals surface area (Å²) in [6.07, 6.45) is 0. The standard InChI is InChI=1S/C18H16N2O6S/c1-2-19-27(24,25)13-9-7-12(8-10-13)18(23)26-11-20-16(21)14-5-3-4-6-15(14)17(20)22/h3-10,19H,2,11H2,1H3. The predicted octanol–water partition coefficient (Wildman–Crippen LogP) is 1.40. The molecule has 0 saturated carbocycles. The predicted molar refractivity (Wildman–Crippen MR) is 94.5 cm³/mol. The number of ether oxygens (including phenoxy) is 1. The van der Waals surface area contributed by atoms with Gasteiger partial charge in [-0.2, -0.15) is 0 Å². The van der Waals surface area contributed by atoms with E-state index in [4.69, 9.17) is 4.74 Å². The molecule has 1 aliphatic heterocycles. The number of sulfonamides is 1. The van der Waals surface area contributed by atoms with Crippen LogP contribution < -0.4 is 4.72 Å². The lowest BCUT2D eigenvalue weighted by atomic mass is 10.1. The Morgan fingerprint density at radius 1 is 1.00 bits per heavy atom. The highest BCUT2D eigenvalue weighted by atomic mass is 32.2. The van der Waals surface area contributed by atoms with Crippen molar-refractivity contribution in [3.63, 3.8) is 0 Å². The van der Waals surface area contributed by atoms with E-state index in [1.165, 1.54) is 36.4 Å². The Bertz CT molecular complexity index is 979. The van der Waals surface area contributed by atoms with E-state index in [0.717, 1.165) is 4.90 Å². The summed E-state index contributed by atoms with van der Waals surface area (Å²) in [6.45, 7) is 1.37. The highest BCUT2D eigenvalue weighted by molar-refractivity contribution is 7.89. The molecule has 2 aromatic rings. The van der Waals surface area contributed by atoms with E-state index in [1.807, 2.05) is 0 Å². The number of amides is 2. The minimum atomic E-state index is -3.62. The molecule has 0 aliphatic carbocycles. The van der Waals surface area contributed by atoms with E-state index in [-0.39, 0.29) is 28.1 Å². The van der Waals surface area contributed by atoms with Gasteiger partial charge in [-0.05, 0) is 36.4 Å². The van der Waals surface area contributed by atoms with Crippen LogP contribution in [-0.2, 0) is 14.8 Å². The van der Waals surface area contributed by atoms with Gasteiger partial charge in [0.2, 0.25) is 10.0 Å². The van der Waals surface area contributed by atoms with Crippen molar-refractivity contribution < 1.29 is 27.5 Å². The maximum Gasteiger partial charge on any atom is 0.339 e. The molecule has 0 fully saturated rings. The Balaban J connectivity index is 1.67. The normalized spacial score (nSPS) is 13.6. The van der Waals surface area contributed by atoms with Crippen molar-refractivity contribution in [1.29, 1.82) is 0 Å². The average Bonchev–Trinajstić information content (AvgIpc) is 2.91. The maximum atomic E-state index is 12.2. The molecule has 0 bridgehead atoms. The van der Waals surface area contributed by atoms with Crippen molar-refractivity contribution in [2.45, 2.75) is 11.8 Å². The lowest BCUT2D eigenvalue weighted by molar-refractivity contribution is 0.0228. The second-order valence-corrected chi connectivity index (χ2v) is 7.44. The van der Waals surface area contributed by atoms with Gasteiger partial charge in [-0.3, -0.25) is 9.59 Å². The summed E-state index contributed by atoms with van der Waals surface area (Å²) in [6, 6.07) is 11.5. The van der Waals surface area contributed by atoms with Gasteiger partial charge in [-0.25, -0.2) is 22.8 Å². The number of nitrogens with one attached hydrogen (secondary N) is 1. The smallest absolute Gasteiger partial charge is 0.339 e. The van der Waals surface area contributed by atoms with Crippen LogP contribution >= 0.6 is 0 Å². The minimum absolute atomic E-state index is 0.0150. The van der Waals surface area contributed by atoms with Gasteiger partial charge in [0.25, 0.3) is 11.8 Å². The Hall–Kier alpha value is -3.04. The third kappa shape index (κ3) is 3.60. The molecule has 27 heavy (non-hydrogen) atoms. The summed E-state index contributed by atoms with van der Waals surface area (Å²) in [5, 5.41) is 0. The first kappa shape index (κ1) is 18.7. The van der Waals surface area contributed by atoms with Crippen molar-refractivity contribution >= 4 is 27.8 Å². The number of carbonyl (C=O) groups is 3. The summed E-state index contributed by atoms with van der Waals surface area (Å²) in [7, 11) is -3.62. The Morgan fingerprint density at radius 3 is 2.07 bits per heavy atom. The monoisotopic (exact) mass is 388 g/mol. The SMILES string of the molecule is CCNS(=O)(=O)c1ccc(C(=O)OCN2C(=O)c3ccccc3C2=O)cc1. The van der Waals surface area contributed by atoms with Crippen molar-refractivity contribution in [2.75, 3.05) is 13.3 Å². The minimum Gasteiger partial charge on any atom is -0.440 e. The van der Waals surface area contributed by atoms with E-state index in [9.17, 15) is 22.8 Å². The van der Waals surface area contributed by atoms with Gasteiger partial charge < -0.3 is 4.74 Å². The van der Waals surface area contributed by atoms with Crippen LogP contribution in [0.25, 0.3) is 0 Å². The first-order valence-corrected chi connectivity index (χ1v) is 9.55. The highest BCUT2D eigenvalue weighted by Gasteiger charge is 2.35. The molecule has 0 aromatic heterocycles. The summed E-state index contributed by atoms with van der Waals surface area (Å²) in [4.78, 5) is 37.4. The topological polar surface area (TPSA) is 110 Å². The van der Waals surface area contributed by atoms with E-state index in [2.05, 4.69) is 4.72 Å². The Labute approximate surface area is 155 Å². The van der Waals surface area contributed by atoms with Crippen LogP contribution in [0.4, 0.5) is 0 Å². The fraction of sp³-hybridized carbons (Fsp3) is 0.167. The molecule has 140 valence electrons. The second kappa shape index (κ2) is 7.29. The lowest BCUT2D eigenvalue weighted by Gasteiger charge is -2.14. The van der Waals surface area contributed by atoms with Gasteiger partial charge in [0.05, 0.1) is 21.6 Å². The molecule has 0 radical (unpaired) electrons. The molecule has 2 aromatic carbocycles. The lowest BCUT2D eigenvalue weighted by Crippen LogP contribution is -2.33. The number of hydrogen-bond acceptors (Lipinski definition) is 6. The highest BCUT2D eigenvalue weighted by Crippen LogP contribution is 2.22. The molecular weight excluding hydrogens is 372 g/mol. The largest absolute Gasteiger partial charge is 0.440 e. The molecule has 0 unspecified atom stereocenters. The molecule has 0 spiro atoms. The van der Waals surface area contributed by atoms with Crippen molar-refractivity contribution in [1.82, 2.24) is 9.62 Å². The molecule has 2 amide bonds. The van der Waals surface area contributed by atoms with Gasteiger partial charge in [0.1, 0.15) is 0 Å². The molecule has 3 rings (SSSR count). The van der Waals surface area contributed by atoms with Crippen LogP contribution in [0.15, 0.2) is 53.4 Å². The maximum absolute atomic E-state index is 12.2. The van der Waals surface area contributed by atoms with E-state index >= 15 is 0 Å². The molecule has 9 heteroatoms. The number of rotatable bonds is 6. The van der Waals surface area contributed by atoms with Gasteiger partial charge in [0, 0.05) is 6.54 Å². The Morgan fingerprint density at radius 2 is 1.56 bits per heavy atom. The third-order valence-electron chi connectivity index (χ3n) is 3.94. The van der Waals surface area contributed by atoms with Crippen molar-refractivity contribution in [3.8, 4) is 0 Å². The van der Waals surface area contributed by atoms with Gasteiger partial charge in [0.15, 0.2) is 6.73 Å². The summed E-state index contributed by atoms with van der Waals surface area (Å²) >= 11 is 0. The zero-order valence-corrected chi connectivity index (χ0v) is 15.2. The van der Waals surface area contributed by atoms with Crippen molar-refractivity contribution in [3.05, 3.63) is 65.2 Å². The van der Waals surface area contributed by atoms with Crippen LogP contribution in [0, 0.1) is 0 Å². The molecule has 1 aliphatic rings. The molecular formula is C18H16N2O6S. The number of hydrogen-bond donors (Lipinski definition) is 1. The van der Waals surface area contributed by atoms with Crippen LogP contribution in [0.5, 0.6) is 0 Å². The Kier molecular flexibility index (Phi) is 5.06. The molecule has 1 N–H and O–H groups in total. The van der Waals surface area contributed by atoms with Crippen LogP contribution in [0.1, 0.15) is 38.0 Å². The quantitative estimate of drug-likeness (QED) is 0.592. The van der Waals surface area contributed by atoms with Crippen molar-refractivity contribution in [2.24, 2.45) is 0 Å².